The maximum Gasteiger partial charge on any atom is 0.234 e. The summed E-state index contributed by atoms with van der Waals surface area (Å²) in [5, 5.41) is 0. The molecule has 4 nitrogen and oxygen atoms in total. The highest BCUT2D eigenvalue weighted by molar-refractivity contribution is 6.18. The first-order valence-corrected chi connectivity index (χ1v) is 7.00. The van der Waals surface area contributed by atoms with Crippen LogP contribution in [0.25, 0.3) is 0 Å². The van der Waals surface area contributed by atoms with E-state index in [1.807, 2.05) is 13.8 Å². The number of unbranched alkanes of at least 4 members (excludes halogenated alkanes) is 1. The zero-order valence-corrected chi connectivity index (χ0v) is 12.2. The van der Waals surface area contributed by atoms with Crippen molar-refractivity contribution in [1.29, 1.82) is 0 Å². The second kappa shape index (κ2) is 8.14. The van der Waals surface area contributed by atoms with E-state index in [1.165, 1.54) is 0 Å². The maximum atomic E-state index is 5.83. The van der Waals surface area contributed by atoms with Crippen molar-refractivity contribution in [2.24, 2.45) is 0 Å². The molecule has 0 N–H and O–H groups in total. The van der Waals surface area contributed by atoms with Gasteiger partial charge in [-0.05, 0) is 20.3 Å². The SMILES string of the molecule is CCCCN(CCCl)c1cncc(OC(C)C)n1. The summed E-state index contributed by atoms with van der Waals surface area (Å²) in [5.74, 6) is 1.99. The van der Waals surface area contributed by atoms with Crippen molar-refractivity contribution in [2.75, 3.05) is 23.9 Å². The Hall–Kier alpha value is -1.03. The molecule has 102 valence electrons. The Morgan fingerprint density at radius 2 is 2.11 bits per heavy atom. The molecule has 0 fully saturated rings. The first-order valence-electron chi connectivity index (χ1n) is 6.47. The van der Waals surface area contributed by atoms with Gasteiger partial charge >= 0.3 is 0 Å². The number of ether oxygens (including phenoxy) is 1. The van der Waals surface area contributed by atoms with E-state index >= 15 is 0 Å². The van der Waals surface area contributed by atoms with Crippen molar-refractivity contribution in [3.05, 3.63) is 12.4 Å². The third-order valence-electron chi connectivity index (χ3n) is 2.42. The minimum Gasteiger partial charge on any atom is -0.474 e. The molecule has 0 radical (unpaired) electrons. The van der Waals surface area contributed by atoms with Crippen molar-refractivity contribution >= 4 is 17.4 Å². The van der Waals surface area contributed by atoms with Crippen LogP contribution in [0, 0.1) is 0 Å². The zero-order chi connectivity index (χ0) is 13.4. The minimum absolute atomic E-state index is 0.103. The standard InChI is InChI=1S/C13H22ClN3O/c1-4-5-7-17(8-6-14)12-9-15-10-13(16-12)18-11(2)3/h9-11H,4-8H2,1-3H3. The number of rotatable bonds is 8. The molecule has 0 aliphatic rings. The highest BCUT2D eigenvalue weighted by atomic mass is 35.5. The molecule has 5 heteroatoms. The second-order valence-electron chi connectivity index (χ2n) is 4.41. The molecule has 0 aromatic carbocycles. The molecule has 0 saturated heterocycles. The lowest BCUT2D eigenvalue weighted by atomic mass is 10.3. The summed E-state index contributed by atoms with van der Waals surface area (Å²) in [6.45, 7) is 7.84. The van der Waals surface area contributed by atoms with Crippen LogP contribution in [0.5, 0.6) is 5.88 Å². The smallest absolute Gasteiger partial charge is 0.234 e. The molecule has 1 aromatic heterocycles. The number of aromatic nitrogens is 2. The van der Waals surface area contributed by atoms with Gasteiger partial charge in [-0.2, -0.15) is 4.98 Å². The van der Waals surface area contributed by atoms with Gasteiger partial charge in [0.2, 0.25) is 5.88 Å². The minimum atomic E-state index is 0.103. The Labute approximate surface area is 114 Å². The summed E-state index contributed by atoms with van der Waals surface area (Å²) in [4.78, 5) is 10.8. The zero-order valence-electron chi connectivity index (χ0n) is 11.4. The molecular formula is C13H22ClN3O. The lowest BCUT2D eigenvalue weighted by molar-refractivity contribution is 0.231. The highest BCUT2D eigenvalue weighted by Gasteiger charge is 2.09. The number of anilines is 1. The maximum absolute atomic E-state index is 5.83. The van der Waals surface area contributed by atoms with Crippen LogP contribution in [0.3, 0.4) is 0 Å². The molecule has 0 aliphatic heterocycles. The van der Waals surface area contributed by atoms with Gasteiger partial charge in [-0.25, -0.2) is 0 Å². The van der Waals surface area contributed by atoms with Gasteiger partial charge < -0.3 is 9.64 Å². The number of halogens is 1. The molecule has 18 heavy (non-hydrogen) atoms. The van der Waals surface area contributed by atoms with Crippen LogP contribution in [0.1, 0.15) is 33.6 Å². The largest absolute Gasteiger partial charge is 0.474 e. The van der Waals surface area contributed by atoms with Gasteiger partial charge in [0, 0.05) is 19.0 Å². The summed E-state index contributed by atoms with van der Waals surface area (Å²) in [7, 11) is 0. The Bertz CT molecular complexity index is 347. The first kappa shape index (κ1) is 15.0. The fourth-order valence-electron chi connectivity index (χ4n) is 1.58. The Morgan fingerprint density at radius 3 is 2.72 bits per heavy atom. The van der Waals surface area contributed by atoms with Crippen LogP contribution < -0.4 is 9.64 Å². The lowest BCUT2D eigenvalue weighted by Gasteiger charge is -2.22. The average molecular weight is 272 g/mol. The number of alkyl halides is 1. The van der Waals surface area contributed by atoms with E-state index in [2.05, 4.69) is 21.8 Å². The third-order valence-corrected chi connectivity index (χ3v) is 2.59. The van der Waals surface area contributed by atoms with E-state index in [1.54, 1.807) is 12.4 Å². The van der Waals surface area contributed by atoms with Crippen molar-refractivity contribution in [1.82, 2.24) is 9.97 Å². The number of hydrogen-bond acceptors (Lipinski definition) is 4. The molecule has 0 bridgehead atoms. The highest BCUT2D eigenvalue weighted by Crippen LogP contribution is 2.15. The summed E-state index contributed by atoms with van der Waals surface area (Å²) < 4.78 is 5.55. The number of nitrogens with zero attached hydrogens (tertiary/aromatic N) is 3. The van der Waals surface area contributed by atoms with Crippen LogP contribution in [-0.2, 0) is 0 Å². The summed E-state index contributed by atoms with van der Waals surface area (Å²) >= 11 is 5.83. The van der Waals surface area contributed by atoms with Crippen molar-refractivity contribution < 1.29 is 4.74 Å². The summed E-state index contributed by atoms with van der Waals surface area (Å²) in [6.07, 6.45) is 5.77. The predicted octanol–water partition coefficient (Wildman–Crippen LogP) is 3.11. The quantitative estimate of drug-likeness (QED) is 0.681. The molecule has 0 unspecified atom stereocenters. The van der Waals surface area contributed by atoms with Crippen molar-refractivity contribution in [3.63, 3.8) is 0 Å². The van der Waals surface area contributed by atoms with Crippen molar-refractivity contribution in [3.8, 4) is 5.88 Å². The fourth-order valence-corrected chi connectivity index (χ4v) is 1.78. The van der Waals surface area contributed by atoms with Crippen LogP contribution >= 0.6 is 11.6 Å². The third kappa shape index (κ3) is 5.08. The molecule has 0 spiro atoms. The monoisotopic (exact) mass is 271 g/mol. The lowest BCUT2D eigenvalue weighted by Crippen LogP contribution is -2.27. The van der Waals surface area contributed by atoms with Crippen LogP contribution in [0.2, 0.25) is 0 Å². The Morgan fingerprint density at radius 1 is 1.33 bits per heavy atom. The summed E-state index contributed by atoms with van der Waals surface area (Å²) in [6, 6.07) is 0. The van der Waals surface area contributed by atoms with Crippen LogP contribution in [0.4, 0.5) is 5.82 Å². The van der Waals surface area contributed by atoms with Gasteiger partial charge in [0.25, 0.3) is 0 Å². The molecule has 1 aromatic rings. The fraction of sp³-hybridized carbons (Fsp3) is 0.692. The van der Waals surface area contributed by atoms with Crippen molar-refractivity contribution in [2.45, 2.75) is 39.7 Å². The molecule has 0 atom stereocenters. The van der Waals surface area contributed by atoms with E-state index in [4.69, 9.17) is 16.3 Å². The van der Waals surface area contributed by atoms with Gasteiger partial charge in [-0.15, -0.1) is 11.6 Å². The molecule has 0 amide bonds. The topological polar surface area (TPSA) is 38.2 Å². The predicted molar refractivity (Wildman–Crippen MR) is 75.6 cm³/mol. The van der Waals surface area contributed by atoms with Gasteiger partial charge in [0.05, 0.1) is 18.5 Å². The van der Waals surface area contributed by atoms with E-state index < -0.39 is 0 Å². The van der Waals surface area contributed by atoms with E-state index in [-0.39, 0.29) is 6.10 Å². The molecular weight excluding hydrogens is 250 g/mol. The van der Waals surface area contributed by atoms with Gasteiger partial charge in [0.15, 0.2) is 5.82 Å². The Balaban J connectivity index is 2.76. The first-order chi connectivity index (χ1) is 8.67. The van der Waals surface area contributed by atoms with E-state index in [0.717, 1.165) is 31.7 Å². The molecule has 1 rings (SSSR count). The second-order valence-corrected chi connectivity index (χ2v) is 4.79. The average Bonchev–Trinajstić information content (AvgIpc) is 2.34. The van der Waals surface area contributed by atoms with E-state index in [9.17, 15) is 0 Å². The normalized spacial score (nSPS) is 10.7. The van der Waals surface area contributed by atoms with Crippen LogP contribution in [-0.4, -0.2) is 35.0 Å². The van der Waals surface area contributed by atoms with Gasteiger partial charge in [-0.3, -0.25) is 4.98 Å². The molecule has 0 saturated carbocycles. The van der Waals surface area contributed by atoms with Gasteiger partial charge in [0.1, 0.15) is 0 Å². The van der Waals surface area contributed by atoms with Gasteiger partial charge in [-0.1, -0.05) is 13.3 Å². The Kier molecular flexibility index (Phi) is 6.80. The molecule has 0 aliphatic carbocycles. The van der Waals surface area contributed by atoms with E-state index in [0.29, 0.717) is 11.8 Å². The number of hydrogen-bond donors (Lipinski definition) is 0. The van der Waals surface area contributed by atoms with Crippen LogP contribution in [0.15, 0.2) is 12.4 Å². The molecule has 1 heterocycles. The summed E-state index contributed by atoms with van der Waals surface area (Å²) in [5.41, 5.74) is 0.